The van der Waals surface area contributed by atoms with Crippen LogP contribution >= 0.6 is 0 Å². The first-order valence-corrected chi connectivity index (χ1v) is 5.57. The maximum Gasteiger partial charge on any atom is 0.143 e. The molecule has 0 spiro atoms. The number of nitrogens with zero attached hydrogens (tertiary/aromatic N) is 2. The summed E-state index contributed by atoms with van der Waals surface area (Å²) >= 11 is 0. The van der Waals surface area contributed by atoms with Crippen molar-refractivity contribution in [2.75, 3.05) is 5.32 Å². The van der Waals surface area contributed by atoms with Crippen molar-refractivity contribution in [2.45, 2.75) is 13.0 Å². The van der Waals surface area contributed by atoms with Crippen molar-refractivity contribution in [2.24, 2.45) is 0 Å². The molecule has 1 unspecified atom stereocenters. The van der Waals surface area contributed by atoms with Gasteiger partial charge in [-0.05, 0) is 36.8 Å². The van der Waals surface area contributed by atoms with Crippen molar-refractivity contribution in [1.82, 2.24) is 4.98 Å². The fourth-order valence-corrected chi connectivity index (χ4v) is 1.73. The molecule has 1 aromatic carbocycles. The van der Waals surface area contributed by atoms with Crippen LogP contribution in [-0.4, -0.2) is 4.98 Å². The number of anilines is 1. The Morgan fingerprint density at radius 2 is 2.00 bits per heavy atom. The molecular weight excluding hydrogens is 229 g/mol. The highest BCUT2D eigenvalue weighted by atomic mass is 19.1. The molecule has 18 heavy (non-hydrogen) atoms. The minimum atomic E-state index is -0.510. The molecular formula is C14H12FN3. The van der Waals surface area contributed by atoms with Crippen LogP contribution in [0.15, 0.2) is 42.7 Å². The summed E-state index contributed by atoms with van der Waals surface area (Å²) in [5.74, 6) is -0.510. The number of benzene rings is 1. The molecule has 2 rings (SSSR count). The lowest BCUT2D eigenvalue weighted by molar-refractivity contribution is 0.624. The summed E-state index contributed by atoms with van der Waals surface area (Å²) in [5.41, 5.74) is 1.57. The smallest absolute Gasteiger partial charge is 0.143 e. The number of hydrogen-bond acceptors (Lipinski definition) is 3. The lowest BCUT2D eigenvalue weighted by atomic mass is 10.1. The van der Waals surface area contributed by atoms with Gasteiger partial charge in [0.25, 0.3) is 0 Å². The summed E-state index contributed by atoms with van der Waals surface area (Å²) in [4.78, 5) is 3.94. The number of halogens is 1. The predicted octanol–water partition coefficient (Wildman–Crippen LogP) is 3.27. The largest absolute Gasteiger partial charge is 0.377 e. The van der Waals surface area contributed by atoms with Crippen LogP contribution in [0.25, 0.3) is 0 Å². The molecule has 2 aromatic rings. The zero-order chi connectivity index (χ0) is 13.0. The van der Waals surface area contributed by atoms with Gasteiger partial charge in [0, 0.05) is 18.4 Å². The van der Waals surface area contributed by atoms with E-state index >= 15 is 0 Å². The summed E-state index contributed by atoms with van der Waals surface area (Å²) in [6.07, 6.45) is 3.40. The predicted molar refractivity (Wildman–Crippen MR) is 67.4 cm³/mol. The minimum Gasteiger partial charge on any atom is -0.377 e. The monoisotopic (exact) mass is 241 g/mol. The summed E-state index contributed by atoms with van der Waals surface area (Å²) < 4.78 is 13.4. The van der Waals surface area contributed by atoms with Crippen LogP contribution in [0.3, 0.4) is 0 Å². The molecule has 0 saturated heterocycles. The van der Waals surface area contributed by atoms with Gasteiger partial charge >= 0.3 is 0 Å². The second-order valence-corrected chi connectivity index (χ2v) is 3.92. The third kappa shape index (κ3) is 2.46. The maximum absolute atomic E-state index is 13.4. The molecule has 0 saturated carbocycles. The molecule has 1 N–H and O–H groups in total. The molecule has 0 fully saturated rings. The summed E-state index contributed by atoms with van der Waals surface area (Å²) in [7, 11) is 0. The van der Waals surface area contributed by atoms with E-state index in [1.165, 1.54) is 6.07 Å². The van der Waals surface area contributed by atoms with Gasteiger partial charge in [-0.2, -0.15) is 5.26 Å². The van der Waals surface area contributed by atoms with E-state index in [4.69, 9.17) is 5.26 Å². The van der Waals surface area contributed by atoms with Gasteiger partial charge in [0.1, 0.15) is 17.4 Å². The van der Waals surface area contributed by atoms with Crippen molar-refractivity contribution >= 4 is 5.69 Å². The molecule has 0 radical (unpaired) electrons. The first kappa shape index (κ1) is 12.1. The SMILES string of the molecule is CC(Nc1cccc(F)c1C#N)c1ccncc1. The van der Waals surface area contributed by atoms with Crippen molar-refractivity contribution in [1.29, 1.82) is 5.26 Å². The van der Waals surface area contributed by atoms with Gasteiger partial charge in [-0.3, -0.25) is 4.98 Å². The topological polar surface area (TPSA) is 48.7 Å². The fourth-order valence-electron chi connectivity index (χ4n) is 1.73. The molecule has 0 amide bonds. The first-order chi connectivity index (χ1) is 8.72. The van der Waals surface area contributed by atoms with Crippen LogP contribution in [-0.2, 0) is 0 Å². The van der Waals surface area contributed by atoms with Crippen LogP contribution in [0.4, 0.5) is 10.1 Å². The Morgan fingerprint density at radius 1 is 1.28 bits per heavy atom. The average molecular weight is 241 g/mol. The Balaban J connectivity index is 2.25. The van der Waals surface area contributed by atoms with Crippen LogP contribution in [0, 0.1) is 17.1 Å². The number of aromatic nitrogens is 1. The fraction of sp³-hybridized carbons (Fsp3) is 0.143. The van der Waals surface area contributed by atoms with Gasteiger partial charge in [-0.1, -0.05) is 6.07 Å². The number of nitrogens with one attached hydrogen (secondary N) is 1. The van der Waals surface area contributed by atoms with E-state index in [0.29, 0.717) is 5.69 Å². The Morgan fingerprint density at radius 3 is 2.67 bits per heavy atom. The van der Waals surface area contributed by atoms with Crippen LogP contribution in [0.2, 0.25) is 0 Å². The Kier molecular flexibility index (Phi) is 3.54. The van der Waals surface area contributed by atoms with E-state index in [9.17, 15) is 4.39 Å². The second-order valence-electron chi connectivity index (χ2n) is 3.92. The lowest BCUT2D eigenvalue weighted by Gasteiger charge is -2.16. The Bertz CT molecular complexity index is 575. The summed E-state index contributed by atoms with van der Waals surface area (Å²) in [6, 6.07) is 10.2. The van der Waals surface area contributed by atoms with Crippen molar-refractivity contribution in [3.8, 4) is 6.07 Å². The zero-order valence-electron chi connectivity index (χ0n) is 9.89. The standard InChI is InChI=1S/C14H12FN3/c1-10(11-5-7-17-8-6-11)18-14-4-2-3-13(15)12(14)9-16/h2-8,10,18H,1H3. The third-order valence-electron chi connectivity index (χ3n) is 2.70. The van der Waals surface area contributed by atoms with Gasteiger partial charge in [0.15, 0.2) is 0 Å². The van der Waals surface area contributed by atoms with Crippen LogP contribution in [0.5, 0.6) is 0 Å². The number of nitriles is 1. The highest BCUT2D eigenvalue weighted by Gasteiger charge is 2.11. The minimum absolute atomic E-state index is 0.0260. The van der Waals surface area contributed by atoms with E-state index in [2.05, 4.69) is 10.3 Å². The van der Waals surface area contributed by atoms with E-state index in [1.54, 1.807) is 24.5 Å². The van der Waals surface area contributed by atoms with Gasteiger partial charge in [-0.25, -0.2) is 4.39 Å². The highest BCUT2D eigenvalue weighted by Crippen LogP contribution is 2.23. The van der Waals surface area contributed by atoms with Crippen molar-refractivity contribution in [3.63, 3.8) is 0 Å². The van der Waals surface area contributed by atoms with Gasteiger partial charge in [0.05, 0.1) is 5.69 Å². The average Bonchev–Trinajstić information content (AvgIpc) is 2.40. The molecule has 4 heteroatoms. The first-order valence-electron chi connectivity index (χ1n) is 5.57. The summed E-state index contributed by atoms with van der Waals surface area (Å²) in [5, 5.41) is 12.1. The Hall–Kier alpha value is -2.41. The molecule has 0 bridgehead atoms. The molecule has 90 valence electrons. The van der Waals surface area contributed by atoms with E-state index in [1.807, 2.05) is 25.1 Å². The molecule has 1 heterocycles. The van der Waals surface area contributed by atoms with Crippen LogP contribution < -0.4 is 5.32 Å². The normalized spacial score (nSPS) is 11.6. The number of rotatable bonds is 3. The van der Waals surface area contributed by atoms with E-state index < -0.39 is 5.82 Å². The van der Waals surface area contributed by atoms with E-state index in [-0.39, 0.29) is 11.6 Å². The molecule has 0 aliphatic carbocycles. The maximum atomic E-state index is 13.4. The molecule has 3 nitrogen and oxygen atoms in total. The van der Waals surface area contributed by atoms with Crippen molar-refractivity contribution < 1.29 is 4.39 Å². The van der Waals surface area contributed by atoms with Gasteiger partial charge < -0.3 is 5.32 Å². The quantitative estimate of drug-likeness (QED) is 0.897. The van der Waals surface area contributed by atoms with Gasteiger partial charge in [-0.15, -0.1) is 0 Å². The lowest BCUT2D eigenvalue weighted by Crippen LogP contribution is -2.08. The van der Waals surface area contributed by atoms with E-state index in [0.717, 1.165) is 5.56 Å². The highest BCUT2D eigenvalue weighted by molar-refractivity contribution is 5.58. The summed E-state index contributed by atoms with van der Waals surface area (Å²) in [6.45, 7) is 1.95. The number of hydrogen-bond donors (Lipinski definition) is 1. The van der Waals surface area contributed by atoms with Crippen LogP contribution in [0.1, 0.15) is 24.1 Å². The second kappa shape index (κ2) is 5.28. The molecule has 1 aromatic heterocycles. The zero-order valence-corrected chi connectivity index (χ0v) is 9.89. The molecule has 0 aliphatic heterocycles. The number of pyridine rings is 1. The Labute approximate surface area is 105 Å². The molecule has 1 atom stereocenters. The van der Waals surface area contributed by atoms with Crippen molar-refractivity contribution in [3.05, 3.63) is 59.7 Å². The van der Waals surface area contributed by atoms with Gasteiger partial charge in [0.2, 0.25) is 0 Å². The molecule has 0 aliphatic rings. The third-order valence-corrected chi connectivity index (χ3v) is 2.70.